The molecule has 2 unspecified atom stereocenters. The molecular formula is C21H24N2O4. The Morgan fingerprint density at radius 2 is 1.63 bits per heavy atom. The molecule has 0 saturated heterocycles. The van der Waals surface area contributed by atoms with Gasteiger partial charge in [-0.2, -0.15) is 0 Å². The monoisotopic (exact) mass is 368 g/mol. The van der Waals surface area contributed by atoms with Crippen molar-refractivity contribution in [3.63, 3.8) is 0 Å². The van der Waals surface area contributed by atoms with Gasteiger partial charge in [-0.3, -0.25) is 14.4 Å². The van der Waals surface area contributed by atoms with E-state index < -0.39 is 29.4 Å². The van der Waals surface area contributed by atoms with E-state index in [-0.39, 0.29) is 0 Å². The summed E-state index contributed by atoms with van der Waals surface area (Å²) in [5, 5.41) is 2.67. The van der Waals surface area contributed by atoms with E-state index in [0.717, 1.165) is 0 Å². The van der Waals surface area contributed by atoms with E-state index in [9.17, 15) is 14.4 Å². The fourth-order valence-corrected chi connectivity index (χ4v) is 2.51. The number of esters is 1. The van der Waals surface area contributed by atoms with Gasteiger partial charge in [0.1, 0.15) is 11.9 Å². The van der Waals surface area contributed by atoms with Crippen molar-refractivity contribution < 1.29 is 19.1 Å². The number of hydrogen-bond acceptors (Lipinski definition) is 5. The highest BCUT2D eigenvalue weighted by Crippen LogP contribution is 2.25. The normalized spacial score (nSPS) is 13.3. The van der Waals surface area contributed by atoms with Gasteiger partial charge in [-0.15, -0.1) is 0 Å². The molecule has 0 aliphatic rings. The first-order chi connectivity index (χ1) is 12.7. The summed E-state index contributed by atoms with van der Waals surface area (Å²) in [6.07, 6.45) is 0.709. The van der Waals surface area contributed by atoms with Crippen LogP contribution in [0.4, 0.5) is 5.69 Å². The molecular weight excluding hydrogens is 344 g/mol. The topological polar surface area (TPSA) is 98.5 Å². The van der Waals surface area contributed by atoms with Gasteiger partial charge in [-0.05, 0) is 50.6 Å². The van der Waals surface area contributed by atoms with Crippen molar-refractivity contribution in [1.82, 2.24) is 0 Å². The summed E-state index contributed by atoms with van der Waals surface area (Å²) in [6.45, 7) is 5.18. The van der Waals surface area contributed by atoms with Gasteiger partial charge in [0, 0.05) is 11.3 Å². The van der Waals surface area contributed by atoms with E-state index >= 15 is 0 Å². The Labute approximate surface area is 158 Å². The highest BCUT2D eigenvalue weighted by Gasteiger charge is 2.37. The first kappa shape index (κ1) is 20.3. The summed E-state index contributed by atoms with van der Waals surface area (Å²) in [5.41, 5.74) is 7.09. The van der Waals surface area contributed by atoms with E-state index in [1.165, 1.54) is 0 Å². The lowest BCUT2D eigenvalue weighted by Crippen LogP contribution is -2.41. The fraction of sp³-hybridized carbons (Fsp3) is 0.286. The zero-order valence-corrected chi connectivity index (χ0v) is 15.6. The minimum Gasteiger partial charge on any atom is -0.459 e. The molecule has 0 spiro atoms. The molecule has 0 fully saturated rings. The lowest BCUT2D eigenvalue weighted by atomic mass is 9.92. The Bertz CT molecular complexity index is 795. The summed E-state index contributed by atoms with van der Waals surface area (Å²) in [5.74, 6) is -2.49. The number of hydrogen-bond donors (Lipinski definition) is 2. The summed E-state index contributed by atoms with van der Waals surface area (Å²) >= 11 is 0. The van der Waals surface area contributed by atoms with Gasteiger partial charge in [-0.25, -0.2) is 0 Å². The average Bonchev–Trinajstić information content (AvgIpc) is 2.61. The van der Waals surface area contributed by atoms with E-state index in [0.29, 0.717) is 23.1 Å². The van der Waals surface area contributed by atoms with Crippen molar-refractivity contribution in [2.75, 3.05) is 5.32 Å². The van der Waals surface area contributed by atoms with Crippen LogP contribution >= 0.6 is 0 Å². The lowest BCUT2D eigenvalue weighted by Gasteiger charge is -2.27. The van der Waals surface area contributed by atoms with Crippen molar-refractivity contribution in [3.05, 3.63) is 65.7 Å². The average molecular weight is 368 g/mol. The first-order valence-electron chi connectivity index (χ1n) is 8.61. The van der Waals surface area contributed by atoms with Crippen LogP contribution in [0.3, 0.4) is 0 Å². The molecule has 6 heteroatoms. The van der Waals surface area contributed by atoms with Crippen molar-refractivity contribution in [2.45, 2.75) is 32.4 Å². The highest BCUT2D eigenvalue weighted by molar-refractivity contribution is 6.05. The summed E-state index contributed by atoms with van der Waals surface area (Å²) in [7, 11) is 0. The van der Waals surface area contributed by atoms with Gasteiger partial charge in [0.25, 0.3) is 0 Å². The molecule has 142 valence electrons. The molecule has 3 N–H and O–H groups in total. The smallest absolute Gasteiger partial charge is 0.321 e. The SMILES string of the molecule is CC(C)(C)OC(=O)C(C(=O)Nc1ccc(C=O)cc1)C(N)c1ccccc1. The summed E-state index contributed by atoms with van der Waals surface area (Å²) in [4.78, 5) is 36.3. The molecule has 2 aromatic carbocycles. The third kappa shape index (κ3) is 5.76. The van der Waals surface area contributed by atoms with Crippen LogP contribution in [0.15, 0.2) is 54.6 Å². The van der Waals surface area contributed by atoms with Crippen LogP contribution in [0.25, 0.3) is 0 Å². The van der Waals surface area contributed by atoms with Gasteiger partial charge >= 0.3 is 5.97 Å². The molecule has 0 heterocycles. The van der Waals surface area contributed by atoms with Crippen LogP contribution in [-0.4, -0.2) is 23.8 Å². The Balaban J connectivity index is 2.27. The van der Waals surface area contributed by atoms with Crippen LogP contribution in [0, 0.1) is 5.92 Å². The molecule has 2 aromatic rings. The largest absolute Gasteiger partial charge is 0.459 e. The van der Waals surface area contributed by atoms with Crippen LogP contribution < -0.4 is 11.1 Å². The molecule has 0 aromatic heterocycles. The van der Waals surface area contributed by atoms with Gasteiger partial charge in [0.15, 0.2) is 5.92 Å². The molecule has 0 bridgehead atoms. The predicted octanol–water partition coefficient (Wildman–Crippen LogP) is 3.10. The minimum atomic E-state index is -1.22. The quantitative estimate of drug-likeness (QED) is 0.464. The molecule has 27 heavy (non-hydrogen) atoms. The number of rotatable bonds is 6. The number of amides is 1. The van der Waals surface area contributed by atoms with Gasteiger partial charge in [-0.1, -0.05) is 30.3 Å². The van der Waals surface area contributed by atoms with Gasteiger partial charge in [0.05, 0.1) is 6.04 Å². The van der Waals surface area contributed by atoms with Crippen LogP contribution in [-0.2, 0) is 14.3 Å². The van der Waals surface area contributed by atoms with Crippen molar-refractivity contribution in [1.29, 1.82) is 0 Å². The third-order valence-electron chi connectivity index (χ3n) is 3.80. The van der Waals surface area contributed by atoms with Gasteiger partial charge < -0.3 is 15.8 Å². The molecule has 1 amide bonds. The molecule has 2 rings (SSSR count). The number of nitrogens with one attached hydrogen (secondary N) is 1. The minimum absolute atomic E-state index is 0.458. The fourth-order valence-electron chi connectivity index (χ4n) is 2.51. The number of nitrogens with two attached hydrogens (primary N) is 1. The zero-order chi connectivity index (χ0) is 20.0. The number of carbonyl (C=O) groups excluding carboxylic acids is 3. The highest BCUT2D eigenvalue weighted by atomic mass is 16.6. The molecule has 0 aliphatic heterocycles. The van der Waals surface area contributed by atoms with Crippen molar-refractivity contribution in [3.8, 4) is 0 Å². The Morgan fingerprint density at radius 1 is 1.04 bits per heavy atom. The third-order valence-corrected chi connectivity index (χ3v) is 3.80. The molecule has 0 radical (unpaired) electrons. The van der Waals surface area contributed by atoms with E-state index in [2.05, 4.69) is 5.32 Å². The molecule has 0 aliphatic carbocycles. The Morgan fingerprint density at radius 3 is 2.15 bits per heavy atom. The van der Waals surface area contributed by atoms with Crippen molar-refractivity contribution >= 4 is 23.9 Å². The summed E-state index contributed by atoms with van der Waals surface area (Å²) in [6, 6.07) is 14.4. The number of benzene rings is 2. The van der Waals surface area contributed by atoms with Crippen molar-refractivity contribution in [2.24, 2.45) is 11.7 Å². The van der Waals surface area contributed by atoms with E-state index in [4.69, 9.17) is 10.5 Å². The maximum atomic E-state index is 12.8. The summed E-state index contributed by atoms with van der Waals surface area (Å²) < 4.78 is 5.41. The van der Waals surface area contributed by atoms with Crippen LogP contribution in [0.1, 0.15) is 42.7 Å². The molecule has 2 atom stereocenters. The molecule has 6 nitrogen and oxygen atoms in total. The number of carbonyl (C=O) groups is 3. The second-order valence-corrected chi connectivity index (χ2v) is 7.18. The second kappa shape index (κ2) is 8.60. The maximum Gasteiger partial charge on any atom is 0.321 e. The van der Waals surface area contributed by atoms with E-state index in [1.807, 2.05) is 6.07 Å². The number of ether oxygens (including phenoxy) is 1. The number of anilines is 1. The van der Waals surface area contributed by atoms with Gasteiger partial charge in [0.2, 0.25) is 5.91 Å². The first-order valence-corrected chi connectivity index (χ1v) is 8.61. The lowest BCUT2D eigenvalue weighted by molar-refractivity contribution is -0.162. The standard InChI is InChI=1S/C21H24N2O4/c1-21(2,3)27-20(26)17(18(22)15-7-5-4-6-8-15)19(25)23-16-11-9-14(13-24)10-12-16/h4-13,17-18H,22H2,1-3H3,(H,23,25). The maximum absolute atomic E-state index is 12.8. The van der Waals surface area contributed by atoms with Crippen LogP contribution in [0.5, 0.6) is 0 Å². The van der Waals surface area contributed by atoms with E-state index in [1.54, 1.807) is 69.3 Å². The Kier molecular flexibility index (Phi) is 6.47. The zero-order valence-electron chi connectivity index (χ0n) is 15.6. The predicted molar refractivity (Wildman–Crippen MR) is 103 cm³/mol. The van der Waals surface area contributed by atoms with Crippen LogP contribution in [0.2, 0.25) is 0 Å². The second-order valence-electron chi connectivity index (χ2n) is 7.18. The Hall–Kier alpha value is -2.99. The number of aldehydes is 1. The molecule has 0 saturated carbocycles.